The van der Waals surface area contributed by atoms with Crippen LogP contribution in [0.25, 0.3) is 0 Å². The Kier molecular flexibility index (Phi) is 7.49. The van der Waals surface area contributed by atoms with Crippen LogP contribution in [0.5, 0.6) is 0 Å². The van der Waals surface area contributed by atoms with Gasteiger partial charge in [0.2, 0.25) is 11.8 Å². The molecule has 0 bridgehead atoms. The van der Waals surface area contributed by atoms with Gasteiger partial charge in [0, 0.05) is 26.1 Å². The summed E-state index contributed by atoms with van der Waals surface area (Å²) in [6.07, 6.45) is 11.3. The highest BCUT2D eigenvalue weighted by Crippen LogP contribution is 2.21. The molecule has 2 amide bonds. The van der Waals surface area contributed by atoms with Gasteiger partial charge in [-0.3, -0.25) is 9.59 Å². The number of amides is 2. The maximum Gasteiger partial charge on any atom is 0.224 e. The summed E-state index contributed by atoms with van der Waals surface area (Å²) in [6, 6.07) is 10.4. The van der Waals surface area contributed by atoms with Crippen LogP contribution in [0, 0.1) is 5.92 Å². The monoisotopic (exact) mass is 368 g/mol. The van der Waals surface area contributed by atoms with Crippen LogP contribution in [0.4, 0.5) is 0 Å². The van der Waals surface area contributed by atoms with Gasteiger partial charge in [-0.25, -0.2) is 0 Å². The van der Waals surface area contributed by atoms with E-state index in [4.69, 9.17) is 0 Å². The zero-order chi connectivity index (χ0) is 18.9. The minimum Gasteiger partial charge on any atom is -0.355 e. The molecule has 1 heterocycles. The van der Waals surface area contributed by atoms with Gasteiger partial charge in [-0.2, -0.15) is 0 Å². The number of hydrogen-bond donors (Lipinski definition) is 1. The Morgan fingerprint density at radius 1 is 1.11 bits per heavy atom. The number of rotatable bonds is 8. The van der Waals surface area contributed by atoms with E-state index in [1.807, 2.05) is 23.1 Å². The van der Waals surface area contributed by atoms with E-state index in [1.54, 1.807) is 0 Å². The second-order valence-corrected chi connectivity index (χ2v) is 7.81. The average Bonchev–Trinajstić information content (AvgIpc) is 2.71. The summed E-state index contributed by atoms with van der Waals surface area (Å²) in [5, 5.41) is 3.10. The summed E-state index contributed by atoms with van der Waals surface area (Å²) < 4.78 is 0. The van der Waals surface area contributed by atoms with Crippen molar-refractivity contribution in [3.8, 4) is 0 Å². The summed E-state index contributed by atoms with van der Waals surface area (Å²) in [6.45, 7) is 2.04. The van der Waals surface area contributed by atoms with Crippen molar-refractivity contribution in [2.24, 2.45) is 5.92 Å². The summed E-state index contributed by atoms with van der Waals surface area (Å²) in [4.78, 5) is 26.6. The van der Waals surface area contributed by atoms with Crippen LogP contribution in [0.2, 0.25) is 0 Å². The molecule has 1 aromatic rings. The van der Waals surface area contributed by atoms with E-state index >= 15 is 0 Å². The Morgan fingerprint density at radius 3 is 2.74 bits per heavy atom. The van der Waals surface area contributed by atoms with Gasteiger partial charge in [0.1, 0.15) is 0 Å². The van der Waals surface area contributed by atoms with E-state index in [9.17, 15) is 9.59 Å². The molecule has 1 aliphatic carbocycles. The van der Waals surface area contributed by atoms with Crippen molar-refractivity contribution in [3.63, 3.8) is 0 Å². The Morgan fingerprint density at radius 2 is 1.96 bits per heavy atom. The molecule has 0 radical (unpaired) electrons. The van der Waals surface area contributed by atoms with E-state index in [0.717, 1.165) is 32.4 Å². The number of carbonyl (C=O) groups is 2. The third-order valence-electron chi connectivity index (χ3n) is 5.74. The summed E-state index contributed by atoms with van der Waals surface area (Å²) in [7, 11) is 0. The molecule has 1 fully saturated rings. The van der Waals surface area contributed by atoms with Gasteiger partial charge < -0.3 is 10.2 Å². The first kappa shape index (κ1) is 19.7. The predicted molar refractivity (Wildman–Crippen MR) is 108 cm³/mol. The molecule has 1 aliphatic heterocycles. The molecule has 1 aromatic carbocycles. The molecule has 0 spiro atoms. The molecule has 0 saturated carbocycles. The first-order chi connectivity index (χ1) is 13.2. The van der Waals surface area contributed by atoms with Crippen molar-refractivity contribution in [3.05, 3.63) is 47.5 Å². The molecule has 146 valence electrons. The van der Waals surface area contributed by atoms with Crippen LogP contribution >= 0.6 is 0 Å². The normalized spacial score (nSPS) is 20.3. The number of benzene rings is 1. The SMILES string of the molecule is O=C(NCCC1=CCCCC1)[C@H]1CCC(=O)N(CCCc2ccccc2)C1. The third kappa shape index (κ3) is 6.23. The smallest absolute Gasteiger partial charge is 0.224 e. The van der Waals surface area contributed by atoms with Gasteiger partial charge in [-0.05, 0) is 56.9 Å². The van der Waals surface area contributed by atoms with Gasteiger partial charge in [0.05, 0.1) is 5.92 Å². The zero-order valence-corrected chi connectivity index (χ0v) is 16.3. The lowest BCUT2D eigenvalue weighted by molar-refractivity contribution is -0.138. The molecule has 27 heavy (non-hydrogen) atoms. The van der Waals surface area contributed by atoms with Crippen molar-refractivity contribution in [2.45, 2.75) is 57.8 Å². The van der Waals surface area contributed by atoms with Gasteiger partial charge in [-0.1, -0.05) is 42.0 Å². The van der Waals surface area contributed by atoms with Crippen LogP contribution in [0.1, 0.15) is 56.9 Å². The van der Waals surface area contributed by atoms with Crippen LogP contribution in [-0.4, -0.2) is 36.3 Å². The molecule has 4 heteroatoms. The number of nitrogens with zero attached hydrogens (tertiary/aromatic N) is 1. The van der Waals surface area contributed by atoms with Crippen molar-refractivity contribution in [2.75, 3.05) is 19.6 Å². The fourth-order valence-electron chi connectivity index (χ4n) is 4.09. The molecule has 1 N–H and O–H groups in total. The largest absolute Gasteiger partial charge is 0.355 e. The topological polar surface area (TPSA) is 49.4 Å². The second-order valence-electron chi connectivity index (χ2n) is 7.81. The summed E-state index contributed by atoms with van der Waals surface area (Å²) in [5.74, 6) is 0.256. The minimum atomic E-state index is -0.0558. The standard InChI is InChI=1S/C23H32N2O2/c26-22-14-13-21(23(27)24-16-15-20-10-5-2-6-11-20)18-25(22)17-7-12-19-8-3-1-4-9-19/h1,3-4,8-10,21H,2,5-7,11-18H2,(H,24,27)/t21-/m0/s1. The number of piperidine rings is 1. The van der Waals surface area contributed by atoms with Crippen molar-refractivity contribution in [1.82, 2.24) is 10.2 Å². The lowest BCUT2D eigenvalue weighted by Gasteiger charge is -2.32. The van der Waals surface area contributed by atoms with Crippen molar-refractivity contribution >= 4 is 11.8 Å². The molecule has 4 nitrogen and oxygen atoms in total. The van der Waals surface area contributed by atoms with Crippen LogP contribution < -0.4 is 5.32 Å². The Balaban J connectivity index is 1.39. The zero-order valence-electron chi connectivity index (χ0n) is 16.3. The van der Waals surface area contributed by atoms with E-state index in [2.05, 4.69) is 23.5 Å². The molecular weight excluding hydrogens is 336 g/mol. The van der Waals surface area contributed by atoms with Crippen molar-refractivity contribution < 1.29 is 9.59 Å². The average molecular weight is 369 g/mol. The van der Waals surface area contributed by atoms with Crippen LogP contribution in [-0.2, 0) is 16.0 Å². The summed E-state index contributed by atoms with van der Waals surface area (Å²) >= 11 is 0. The highest BCUT2D eigenvalue weighted by molar-refractivity contribution is 5.83. The molecule has 2 aliphatic rings. The fourth-order valence-corrected chi connectivity index (χ4v) is 4.09. The number of hydrogen-bond acceptors (Lipinski definition) is 2. The molecule has 1 saturated heterocycles. The van der Waals surface area contributed by atoms with Crippen LogP contribution in [0.15, 0.2) is 42.0 Å². The highest BCUT2D eigenvalue weighted by Gasteiger charge is 2.29. The number of aryl methyl sites for hydroxylation is 1. The van der Waals surface area contributed by atoms with E-state index in [1.165, 1.54) is 36.8 Å². The number of carbonyl (C=O) groups excluding carboxylic acids is 2. The predicted octanol–water partition coefficient (Wildman–Crippen LogP) is 3.86. The number of nitrogens with one attached hydrogen (secondary N) is 1. The quantitative estimate of drug-likeness (QED) is 0.708. The summed E-state index contributed by atoms with van der Waals surface area (Å²) in [5.41, 5.74) is 2.79. The maximum atomic E-state index is 12.5. The van der Waals surface area contributed by atoms with Crippen molar-refractivity contribution in [1.29, 1.82) is 0 Å². The van der Waals surface area contributed by atoms with E-state index in [0.29, 0.717) is 19.4 Å². The highest BCUT2D eigenvalue weighted by atomic mass is 16.2. The van der Waals surface area contributed by atoms with Gasteiger partial charge in [-0.15, -0.1) is 0 Å². The number of allylic oxidation sites excluding steroid dienone is 1. The van der Waals surface area contributed by atoms with Gasteiger partial charge in [0.15, 0.2) is 0 Å². The van der Waals surface area contributed by atoms with Gasteiger partial charge >= 0.3 is 0 Å². The minimum absolute atomic E-state index is 0.0558. The maximum absolute atomic E-state index is 12.5. The van der Waals surface area contributed by atoms with E-state index in [-0.39, 0.29) is 17.7 Å². The molecular formula is C23H32N2O2. The van der Waals surface area contributed by atoms with Gasteiger partial charge in [0.25, 0.3) is 0 Å². The van der Waals surface area contributed by atoms with E-state index < -0.39 is 0 Å². The molecule has 0 aromatic heterocycles. The van der Waals surface area contributed by atoms with Crippen LogP contribution in [0.3, 0.4) is 0 Å². The fraction of sp³-hybridized carbons (Fsp3) is 0.565. The Bertz CT molecular complexity index is 654. The molecule has 0 unspecified atom stereocenters. The lowest BCUT2D eigenvalue weighted by Crippen LogP contribution is -2.46. The Hall–Kier alpha value is -2.10. The number of likely N-dealkylation sites (tertiary alicyclic amines) is 1. The first-order valence-electron chi connectivity index (χ1n) is 10.5. The molecule has 1 atom stereocenters. The third-order valence-corrected chi connectivity index (χ3v) is 5.74. The lowest BCUT2D eigenvalue weighted by atomic mass is 9.95. The first-order valence-corrected chi connectivity index (χ1v) is 10.5. The Labute approximate surface area is 163 Å². The second kappa shape index (κ2) is 10.3. The molecule has 3 rings (SSSR count).